The Kier molecular flexibility index (Phi) is 5.76. The third-order valence-corrected chi connectivity index (χ3v) is 5.24. The molecule has 5 nitrogen and oxygen atoms in total. The summed E-state index contributed by atoms with van der Waals surface area (Å²) in [6.07, 6.45) is 3.81. The van der Waals surface area contributed by atoms with Crippen LogP contribution in [0.4, 0.5) is 10.5 Å². The maximum Gasteiger partial charge on any atom is 0.286 e. The molecule has 6 heteroatoms. The zero-order chi connectivity index (χ0) is 19.4. The second-order valence-corrected chi connectivity index (χ2v) is 7.64. The number of carbonyl (C=O) groups is 3. The van der Waals surface area contributed by atoms with E-state index in [9.17, 15) is 14.4 Å². The topological polar surface area (TPSA) is 66.5 Å². The number of hydrogen-bond acceptors (Lipinski definition) is 5. The first-order chi connectivity index (χ1) is 12.9. The fourth-order valence-electron chi connectivity index (χ4n) is 2.70. The zero-order valence-electron chi connectivity index (χ0n) is 15.1. The second-order valence-electron chi connectivity index (χ2n) is 6.47. The normalized spacial score (nSPS) is 16.6. The SMILES string of the molecule is CN(C)c1ccc(/C=C/C(=O)c2ccc(CC3SC(=O)NC3=O)cc2)cc1. The van der Waals surface area contributed by atoms with Crippen LogP contribution in [0, 0.1) is 0 Å². The van der Waals surface area contributed by atoms with Gasteiger partial charge in [0.1, 0.15) is 0 Å². The van der Waals surface area contributed by atoms with Crippen molar-refractivity contribution in [2.45, 2.75) is 11.7 Å². The lowest BCUT2D eigenvalue weighted by atomic mass is 10.0. The van der Waals surface area contributed by atoms with Gasteiger partial charge >= 0.3 is 0 Å². The fourth-order valence-corrected chi connectivity index (χ4v) is 3.56. The Balaban J connectivity index is 1.61. The van der Waals surface area contributed by atoms with E-state index < -0.39 is 5.25 Å². The number of amides is 2. The molecular weight excluding hydrogens is 360 g/mol. The summed E-state index contributed by atoms with van der Waals surface area (Å²) in [6.45, 7) is 0. The number of ketones is 1. The van der Waals surface area contributed by atoms with Gasteiger partial charge in [-0.2, -0.15) is 0 Å². The number of rotatable bonds is 6. The molecule has 2 aromatic rings. The van der Waals surface area contributed by atoms with Crippen molar-refractivity contribution < 1.29 is 14.4 Å². The lowest BCUT2D eigenvalue weighted by Crippen LogP contribution is -2.25. The van der Waals surface area contributed by atoms with E-state index in [1.165, 1.54) is 0 Å². The summed E-state index contributed by atoms with van der Waals surface area (Å²) in [6, 6.07) is 15.1. The van der Waals surface area contributed by atoms with Crippen molar-refractivity contribution in [3.05, 3.63) is 71.3 Å². The van der Waals surface area contributed by atoms with E-state index in [4.69, 9.17) is 0 Å². The van der Waals surface area contributed by atoms with E-state index >= 15 is 0 Å². The van der Waals surface area contributed by atoms with E-state index in [1.807, 2.05) is 55.4 Å². The molecule has 1 fully saturated rings. The molecule has 2 amide bonds. The molecule has 1 atom stereocenters. The number of imide groups is 1. The van der Waals surface area contributed by atoms with Gasteiger partial charge in [-0.25, -0.2) is 0 Å². The summed E-state index contributed by atoms with van der Waals surface area (Å²) in [5.74, 6) is -0.338. The average molecular weight is 380 g/mol. The largest absolute Gasteiger partial charge is 0.378 e. The average Bonchev–Trinajstić information content (AvgIpc) is 2.97. The monoisotopic (exact) mass is 380 g/mol. The van der Waals surface area contributed by atoms with Crippen molar-refractivity contribution in [3.8, 4) is 0 Å². The molecule has 1 unspecified atom stereocenters. The summed E-state index contributed by atoms with van der Waals surface area (Å²) >= 11 is 1.01. The molecule has 3 rings (SSSR count). The van der Waals surface area contributed by atoms with Gasteiger partial charge in [-0.3, -0.25) is 19.7 Å². The van der Waals surface area contributed by atoms with E-state index in [2.05, 4.69) is 5.32 Å². The fraction of sp³-hybridized carbons (Fsp3) is 0.190. The first kappa shape index (κ1) is 18.9. The molecule has 0 aromatic heterocycles. The number of nitrogens with one attached hydrogen (secondary N) is 1. The lowest BCUT2D eigenvalue weighted by molar-refractivity contribution is -0.118. The minimum atomic E-state index is -0.399. The quantitative estimate of drug-likeness (QED) is 0.613. The molecule has 0 bridgehead atoms. The Morgan fingerprint density at radius 2 is 1.74 bits per heavy atom. The van der Waals surface area contributed by atoms with Gasteiger partial charge in [-0.1, -0.05) is 54.2 Å². The van der Waals surface area contributed by atoms with Gasteiger partial charge in [0.05, 0.1) is 5.25 Å². The molecule has 0 radical (unpaired) electrons. The van der Waals surface area contributed by atoms with E-state index in [1.54, 1.807) is 24.3 Å². The number of nitrogens with zero attached hydrogens (tertiary/aromatic N) is 1. The summed E-state index contributed by atoms with van der Waals surface area (Å²) in [5, 5.41) is 1.57. The lowest BCUT2D eigenvalue weighted by Gasteiger charge is -2.11. The third kappa shape index (κ3) is 4.86. The molecule has 0 saturated carbocycles. The highest BCUT2D eigenvalue weighted by Crippen LogP contribution is 2.23. The Morgan fingerprint density at radius 3 is 2.30 bits per heavy atom. The molecular formula is C21H20N2O3S. The molecule has 2 aromatic carbocycles. The molecule has 27 heavy (non-hydrogen) atoms. The Bertz CT molecular complexity index is 887. The number of benzene rings is 2. The van der Waals surface area contributed by atoms with Crippen LogP contribution in [0.1, 0.15) is 21.5 Å². The van der Waals surface area contributed by atoms with Crippen molar-refractivity contribution in [2.24, 2.45) is 0 Å². The molecule has 1 aliphatic rings. The smallest absolute Gasteiger partial charge is 0.286 e. The maximum atomic E-state index is 12.3. The van der Waals surface area contributed by atoms with Crippen LogP contribution in [0.15, 0.2) is 54.6 Å². The maximum absolute atomic E-state index is 12.3. The van der Waals surface area contributed by atoms with Gasteiger partial charge in [-0.15, -0.1) is 0 Å². The van der Waals surface area contributed by atoms with Crippen LogP contribution in [0.2, 0.25) is 0 Å². The highest BCUT2D eigenvalue weighted by Gasteiger charge is 2.31. The highest BCUT2D eigenvalue weighted by molar-refractivity contribution is 8.15. The summed E-state index contributed by atoms with van der Waals surface area (Å²) in [5.41, 5.74) is 3.56. The van der Waals surface area contributed by atoms with Crippen molar-refractivity contribution in [1.29, 1.82) is 0 Å². The Hall–Kier alpha value is -2.86. The van der Waals surface area contributed by atoms with Gasteiger partial charge in [0.2, 0.25) is 5.91 Å². The second kappa shape index (κ2) is 8.22. The van der Waals surface area contributed by atoms with Gasteiger partial charge in [0.25, 0.3) is 5.24 Å². The molecule has 0 aliphatic carbocycles. The predicted molar refractivity (Wildman–Crippen MR) is 109 cm³/mol. The van der Waals surface area contributed by atoms with Gasteiger partial charge in [-0.05, 0) is 35.8 Å². The number of hydrogen-bond donors (Lipinski definition) is 1. The van der Waals surface area contributed by atoms with E-state index in [-0.39, 0.29) is 16.9 Å². The van der Waals surface area contributed by atoms with Gasteiger partial charge < -0.3 is 4.90 Å². The van der Waals surface area contributed by atoms with Crippen LogP contribution >= 0.6 is 11.8 Å². The number of carbonyl (C=O) groups excluding carboxylic acids is 3. The summed E-state index contributed by atoms with van der Waals surface area (Å²) in [4.78, 5) is 37.2. The van der Waals surface area contributed by atoms with Crippen LogP contribution < -0.4 is 10.2 Å². The number of allylic oxidation sites excluding steroid dienone is 1. The zero-order valence-corrected chi connectivity index (χ0v) is 16.0. The molecule has 1 saturated heterocycles. The molecule has 1 N–H and O–H groups in total. The van der Waals surface area contributed by atoms with Crippen molar-refractivity contribution in [2.75, 3.05) is 19.0 Å². The van der Waals surface area contributed by atoms with E-state index in [0.29, 0.717) is 12.0 Å². The van der Waals surface area contributed by atoms with Crippen LogP contribution in [0.3, 0.4) is 0 Å². The minimum Gasteiger partial charge on any atom is -0.378 e. The number of anilines is 1. The first-order valence-corrected chi connectivity index (χ1v) is 9.40. The van der Waals surface area contributed by atoms with Crippen molar-refractivity contribution in [1.82, 2.24) is 5.32 Å². The minimum absolute atomic E-state index is 0.0820. The summed E-state index contributed by atoms with van der Waals surface area (Å²) < 4.78 is 0. The molecule has 1 heterocycles. The Labute approximate surface area is 162 Å². The standard InChI is InChI=1S/C21H20N2O3S/c1-23(2)17-10-5-14(6-11-17)7-12-18(24)16-8-3-15(4-9-16)13-19-20(25)22-21(26)27-19/h3-12,19H,13H2,1-2H3,(H,22,25,26)/b12-7+. The summed E-state index contributed by atoms with van der Waals surface area (Å²) in [7, 11) is 3.96. The van der Waals surface area contributed by atoms with Crippen LogP contribution in [0.5, 0.6) is 0 Å². The van der Waals surface area contributed by atoms with Crippen LogP contribution in [0.25, 0.3) is 6.08 Å². The first-order valence-electron chi connectivity index (χ1n) is 8.52. The van der Waals surface area contributed by atoms with E-state index in [0.717, 1.165) is 28.6 Å². The van der Waals surface area contributed by atoms with Gasteiger partial charge in [0.15, 0.2) is 5.78 Å². The van der Waals surface area contributed by atoms with Crippen LogP contribution in [-0.2, 0) is 11.2 Å². The van der Waals surface area contributed by atoms with Crippen molar-refractivity contribution >= 4 is 40.5 Å². The van der Waals surface area contributed by atoms with Crippen LogP contribution in [-0.4, -0.2) is 36.3 Å². The highest BCUT2D eigenvalue weighted by atomic mass is 32.2. The number of thioether (sulfide) groups is 1. The molecule has 138 valence electrons. The molecule has 0 spiro atoms. The molecule has 1 aliphatic heterocycles. The predicted octanol–water partition coefficient (Wildman–Crippen LogP) is 3.54. The Morgan fingerprint density at radius 1 is 1.07 bits per heavy atom. The van der Waals surface area contributed by atoms with Gasteiger partial charge in [0, 0.05) is 25.3 Å². The van der Waals surface area contributed by atoms with Crippen molar-refractivity contribution in [3.63, 3.8) is 0 Å². The third-order valence-electron chi connectivity index (χ3n) is 4.26.